The Morgan fingerprint density at radius 3 is 2.33 bits per heavy atom. The molecule has 0 aliphatic carbocycles. The monoisotopic (exact) mass is 432 g/mol. The summed E-state index contributed by atoms with van der Waals surface area (Å²) in [5.41, 5.74) is 2.86. The summed E-state index contributed by atoms with van der Waals surface area (Å²) in [6, 6.07) is 10.4. The summed E-state index contributed by atoms with van der Waals surface area (Å²) in [6.45, 7) is 4.47. The maximum absolute atomic E-state index is 13.2. The number of rotatable bonds is 6. The molecular weight excluding hydrogens is 404 g/mol. The molecule has 2 aromatic carbocycles. The zero-order valence-electron chi connectivity index (χ0n) is 17.8. The Morgan fingerprint density at radius 2 is 1.70 bits per heavy atom. The van der Waals surface area contributed by atoms with E-state index in [4.69, 9.17) is 9.47 Å². The number of nitrogens with one attached hydrogen (secondary N) is 1. The molecule has 1 saturated heterocycles. The second-order valence-electron chi connectivity index (χ2n) is 7.58. The van der Waals surface area contributed by atoms with E-state index in [1.165, 1.54) is 30.7 Å². The third kappa shape index (κ3) is 4.76. The second-order valence-corrected chi connectivity index (χ2v) is 9.52. The molecule has 1 fully saturated rings. The van der Waals surface area contributed by atoms with Gasteiger partial charge in [-0.25, -0.2) is 8.42 Å². The standard InChI is InChI=1S/C22H28N2O5S/c1-15-10-16(2)12-18(11-15)23-22(25)17-6-5-9-24(14-17)30(26,27)19-7-8-20(28-3)21(13-19)29-4/h7-8,10-13,17H,5-6,9,14H2,1-4H3,(H,23,25)/t17-/m0/s1. The van der Waals surface area contributed by atoms with Crippen molar-refractivity contribution in [2.75, 3.05) is 32.6 Å². The number of piperidine rings is 1. The van der Waals surface area contributed by atoms with E-state index in [0.29, 0.717) is 30.9 Å². The lowest BCUT2D eigenvalue weighted by Crippen LogP contribution is -2.43. The number of aryl methyl sites for hydroxylation is 2. The first-order chi connectivity index (χ1) is 14.2. The fourth-order valence-corrected chi connectivity index (χ4v) is 5.33. The van der Waals surface area contributed by atoms with Crippen molar-refractivity contribution in [3.8, 4) is 11.5 Å². The number of hydrogen-bond donors (Lipinski definition) is 1. The van der Waals surface area contributed by atoms with Crippen LogP contribution in [0.25, 0.3) is 0 Å². The maximum Gasteiger partial charge on any atom is 0.243 e. The molecule has 1 N–H and O–H groups in total. The van der Waals surface area contributed by atoms with Crippen molar-refractivity contribution >= 4 is 21.6 Å². The van der Waals surface area contributed by atoms with Gasteiger partial charge in [0.05, 0.1) is 25.0 Å². The Labute approximate surface area is 178 Å². The van der Waals surface area contributed by atoms with Crippen LogP contribution in [-0.4, -0.2) is 45.9 Å². The minimum Gasteiger partial charge on any atom is -0.493 e. The van der Waals surface area contributed by atoms with E-state index in [1.54, 1.807) is 6.07 Å². The fraction of sp³-hybridized carbons (Fsp3) is 0.409. The summed E-state index contributed by atoms with van der Waals surface area (Å²) in [7, 11) is -0.798. The van der Waals surface area contributed by atoms with Crippen LogP contribution in [-0.2, 0) is 14.8 Å². The fourth-order valence-electron chi connectivity index (χ4n) is 3.79. The normalized spacial score (nSPS) is 17.4. The Kier molecular flexibility index (Phi) is 6.67. The van der Waals surface area contributed by atoms with Gasteiger partial charge in [-0.15, -0.1) is 0 Å². The molecule has 1 aliphatic rings. The van der Waals surface area contributed by atoms with Crippen LogP contribution in [0.1, 0.15) is 24.0 Å². The summed E-state index contributed by atoms with van der Waals surface area (Å²) in [5.74, 6) is 0.238. The molecule has 0 spiro atoms. The lowest BCUT2D eigenvalue weighted by molar-refractivity contribution is -0.120. The number of sulfonamides is 1. The highest BCUT2D eigenvalue weighted by molar-refractivity contribution is 7.89. The van der Waals surface area contributed by atoms with Crippen LogP contribution >= 0.6 is 0 Å². The molecule has 1 heterocycles. The van der Waals surface area contributed by atoms with Gasteiger partial charge in [0.1, 0.15) is 0 Å². The molecule has 7 nitrogen and oxygen atoms in total. The van der Waals surface area contributed by atoms with E-state index in [9.17, 15) is 13.2 Å². The smallest absolute Gasteiger partial charge is 0.243 e. The molecule has 30 heavy (non-hydrogen) atoms. The molecular formula is C22H28N2O5S. The molecule has 3 rings (SSSR count). The number of nitrogens with zero attached hydrogens (tertiary/aromatic N) is 1. The van der Waals surface area contributed by atoms with E-state index in [2.05, 4.69) is 5.32 Å². The zero-order chi connectivity index (χ0) is 21.9. The molecule has 8 heteroatoms. The predicted molar refractivity (Wildman–Crippen MR) is 116 cm³/mol. The Morgan fingerprint density at radius 1 is 1.03 bits per heavy atom. The van der Waals surface area contributed by atoms with Gasteiger partial charge in [0.25, 0.3) is 0 Å². The van der Waals surface area contributed by atoms with E-state index in [-0.39, 0.29) is 17.3 Å². The SMILES string of the molecule is COc1ccc(S(=O)(=O)N2CCC[C@H](C(=O)Nc3cc(C)cc(C)c3)C2)cc1OC. The molecule has 1 atom stereocenters. The van der Waals surface area contributed by atoms with Crippen LogP contribution in [0.5, 0.6) is 11.5 Å². The number of carbonyl (C=O) groups excluding carboxylic acids is 1. The quantitative estimate of drug-likeness (QED) is 0.757. The van der Waals surface area contributed by atoms with Crippen molar-refractivity contribution in [2.45, 2.75) is 31.6 Å². The molecule has 0 radical (unpaired) electrons. The summed E-state index contributed by atoms with van der Waals surface area (Å²) >= 11 is 0. The van der Waals surface area contributed by atoms with Crippen molar-refractivity contribution in [3.63, 3.8) is 0 Å². The molecule has 162 valence electrons. The van der Waals surface area contributed by atoms with Crippen molar-refractivity contribution in [2.24, 2.45) is 5.92 Å². The number of ether oxygens (including phenoxy) is 2. The number of methoxy groups -OCH3 is 2. The Balaban J connectivity index is 1.77. The lowest BCUT2D eigenvalue weighted by atomic mass is 9.98. The van der Waals surface area contributed by atoms with Crippen molar-refractivity contribution in [3.05, 3.63) is 47.5 Å². The summed E-state index contributed by atoms with van der Waals surface area (Å²) in [5, 5.41) is 2.94. The highest BCUT2D eigenvalue weighted by Crippen LogP contribution is 2.32. The van der Waals surface area contributed by atoms with Gasteiger partial charge in [0, 0.05) is 24.8 Å². The number of carbonyl (C=O) groups is 1. The topological polar surface area (TPSA) is 84.9 Å². The zero-order valence-corrected chi connectivity index (χ0v) is 18.6. The molecule has 1 amide bonds. The first kappa shape index (κ1) is 22.1. The molecule has 1 aliphatic heterocycles. The Bertz CT molecular complexity index is 1020. The highest BCUT2D eigenvalue weighted by Gasteiger charge is 2.33. The number of hydrogen-bond acceptors (Lipinski definition) is 5. The Hall–Kier alpha value is -2.58. The van der Waals surface area contributed by atoms with Gasteiger partial charge in [-0.3, -0.25) is 4.79 Å². The van der Waals surface area contributed by atoms with Gasteiger partial charge in [-0.1, -0.05) is 6.07 Å². The average molecular weight is 433 g/mol. The predicted octanol–water partition coefficient (Wildman–Crippen LogP) is 3.36. The first-order valence-corrected chi connectivity index (χ1v) is 11.3. The molecule has 0 bridgehead atoms. The largest absolute Gasteiger partial charge is 0.493 e. The van der Waals surface area contributed by atoms with Crippen molar-refractivity contribution in [1.82, 2.24) is 4.31 Å². The maximum atomic E-state index is 13.2. The van der Waals surface area contributed by atoms with Gasteiger partial charge >= 0.3 is 0 Å². The molecule has 0 aromatic heterocycles. The third-order valence-electron chi connectivity index (χ3n) is 5.24. The third-order valence-corrected chi connectivity index (χ3v) is 7.10. The number of anilines is 1. The van der Waals surface area contributed by atoms with Crippen LogP contribution in [0, 0.1) is 19.8 Å². The van der Waals surface area contributed by atoms with Gasteiger partial charge in [0.15, 0.2) is 11.5 Å². The lowest BCUT2D eigenvalue weighted by Gasteiger charge is -2.31. The van der Waals surface area contributed by atoms with E-state index in [1.807, 2.05) is 32.0 Å². The van der Waals surface area contributed by atoms with E-state index >= 15 is 0 Å². The minimum atomic E-state index is -3.75. The van der Waals surface area contributed by atoms with Crippen LogP contribution in [0.3, 0.4) is 0 Å². The first-order valence-electron chi connectivity index (χ1n) is 9.86. The highest BCUT2D eigenvalue weighted by atomic mass is 32.2. The average Bonchev–Trinajstić information content (AvgIpc) is 2.72. The summed E-state index contributed by atoms with van der Waals surface area (Å²) in [6.07, 6.45) is 1.27. The number of amides is 1. The second kappa shape index (κ2) is 9.06. The van der Waals surface area contributed by atoms with Crippen LogP contribution in [0.2, 0.25) is 0 Å². The van der Waals surface area contributed by atoms with Gasteiger partial charge in [-0.05, 0) is 62.1 Å². The molecule has 0 saturated carbocycles. The summed E-state index contributed by atoms with van der Waals surface area (Å²) < 4.78 is 38.1. The van der Waals surface area contributed by atoms with Crippen LogP contribution < -0.4 is 14.8 Å². The van der Waals surface area contributed by atoms with E-state index in [0.717, 1.165) is 16.8 Å². The van der Waals surface area contributed by atoms with E-state index < -0.39 is 15.9 Å². The molecule has 0 unspecified atom stereocenters. The molecule has 2 aromatic rings. The van der Waals surface area contributed by atoms with Crippen molar-refractivity contribution in [1.29, 1.82) is 0 Å². The van der Waals surface area contributed by atoms with Crippen molar-refractivity contribution < 1.29 is 22.7 Å². The van der Waals surface area contributed by atoms with Gasteiger partial charge < -0.3 is 14.8 Å². The number of benzene rings is 2. The summed E-state index contributed by atoms with van der Waals surface area (Å²) in [4.78, 5) is 12.9. The van der Waals surface area contributed by atoms with Crippen LogP contribution in [0.15, 0.2) is 41.3 Å². The van der Waals surface area contributed by atoms with Gasteiger partial charge in [0.2, 0.25) is 15.9 Å². The van der Waals surface area contributed by atoms with Crippen LogP contribution in [0.4, 0.5) is 5.69 Å². The van der Waals surface area contributed by atoms with Gasteiger partial charge in [-0.2, -0.15) is 4.31 Å². The minimum absolute atomic E-state index is 0.121.